The van der Waals surface area contributed by atoms with E-state index in [1.54, 1.807) is 43.6 Å². The second-order valence-electron chi connectivity index (χ2n) is 7.15. The van der Waals surface area contributed by atoms with Crippen molar-refractivity contribution in [2.75, 3.05) is 5.32 Å². The third kappa shape index (κ3) is 4.50. The summed E-state index contributed by atoms with van der Waals surface area (Å²) in [5.74, 6) is -0.552. The van der Waals surface area contributed by atoms with Gasteiger partial charge in [-0.25, -0.2) is 4.98 Å². The van der Waals surface area contributed by atoms with Crippen molar-refractivity contribution in [1.29, 1.82) is 0 Å². The Morgan fingerprint density at radius 2 is 1.81 bits per heavy atom. The van der Waals surface area contributed by atoms with Crippen LogP contribution < -0.4 is 10.1 Å². The normalized spacial score (nSPS) is 11.0. The average Bonchev–Trinajstić information content (AvgIpc) is 2.75. The van der Waals surface area contributed by atoms with Gasteiger partial charge in [0.15, 0.2) is 0 Å². The molecule has 0 aliphatic heterocycles. The lowest BCUT2D eigenvalue weighted by molar-refractivity contribution is -0.0493. The Balaban J connectivity index is 1.81. The third-order valence-electron chi connectivity index (χ3n) is 4.77. The van der Waals surface area contributed by atoms with Gasteiger partial charge in [-0.15, -0.1) is 0 Å². The van der Waals surface area contributed by atoms with Crippen LogP contribution >= 0.6 is 0 Å². The van der Waals surface area contributed by atoms with Crippen LogP contribution in [0, 0.1) is 13.8 Å². The van der Waals surface area contributed by atoms with E-state index < -0.39 is 12.5 Å². The molecule has 4 rings (SSSR count). The lowest BCUT2D eigenvalue weighted by atomic mass is 10.0. The van der Waals surface area contributed by atoms with E-state index in [1.807, 2.05) is 31.2 Å². The van der Waals surface area contributed by atoms with Crippen LogP contribution in [0.1, 0.15) is 21.5 Å². The van der Waals surface area contributed by atoms with Crippen LogP contribution in [0.2, 0.25) is 0 Å². The minimum absolute atomic E-state index is 0.101. The number of hydrogen-bond donors (Lipinski definition) is 1. The monoisotopic (exact) mass is 419 g/mol. The number of anilines is 1. The highest BCUT2D eigenvalue weighted by Gasteiger charge is 2.18. The third-order valence-corrected chi connectivity index (χ3v) is 4.77. The van der Waals surface area contributed by atoms with Crippen molar-refractivity contribution in [2.24, 2.45) is 0 Å². The van der Waals surface area contributed by atoms with Crippen molar-refractivity contribution in [3.8, 4) is 17.0 Å². The molecule has 156 valence electrons. The van der Waals surface area contributed by atoms with Crippen LogP contribution in [-0.2, 0) is 0 Å². The van der Waals surface area contributed by atoms with E-state index in [0.29, 0.717) is 22.2 Å². The highest BCUT2D eigenvalue weighted by Crippen LogP contribution is 2.30. The Kier molecular flexibility index (Phi) is 5.58. The summed E-state index contributed by atoms with van der Waals surface area (Å²) >= 11 is 0. The van der Waals surface area contributed by atoms with E-state index in [1.165, 1.54) is 6.07 Å². The number of nitrogens with one attached hydrogen (secondary N) is 1. The molecule has 0 atom stereocenters. The molecule has 0 radical (unpaired) electrons. The first kappa shape index (κ1) is 20.4. The van der Waals surface area contributed by atoms with Crippen LogP contribution in [0.25, 0.3) is 22.2 Å². The summed E-state index contributed by atoms with van der Waals surface area (Å²) in [5.41, 5.74) is 4.30. The van der Waals surface area contributed by atoms with Crippen LogP contribution in [-0.4, -0.2) is 22.5 Å². The number of aromatic nitrogens is 2. The summed E-state index contributed by atoms with van der Waals surface area (Å²) in [4.78, 5) is 22.1. The van der Waals surface area contributed by atoms with Crippen molar-refractivity contribution in [2.45, 2.75) is 20.5 Å². The molecular weight excluding hydrogens is 400 g/mol. The number of carbonyl (C=O) groups excluding carboxylic acids is 1. The lowest BCUT2D eigenvalue weighted by Crippen LogP contribution is -2.15. The first-order valence-electron chi connectivity index (χ1n) is 9.59. The number of aryl methyl sites for hydroxylation is 2. The van der Waals surface area contributed by atoms with Gasteiger partial charge in [-0.3, -0.25) is 9.78 Å². The van der Waals surface area contributed by atoms with Gasteiger partial charge >= 0.3 is 6.61 Å². The molecule has 4 aromatic rings. The highest BCUT2D eigenvalue weighted by atomic mass is 19.3. The van der Waals surface area contributed by atoms with Crippen molar-refractivity contribution in [3.63, 3.8) is 0 Å². The van der Waals surface area contributed by atoms with Crippen LogP contribution in [0.3, 0.4) is 0 Å². The second-order valence-corrected chi connectivity index (χ2v) is 7.15. The van der Waals surface area contributed by atoms with Crippen molar-refractivity contribution in [3.05, 3.63) is 83.7 Å². The van der Waals surface area contributed by atoms with Crippen molar-refractivity contribution >= 4 is 22.5 Å². The molecule has 0 aliphatic carbocycles. The highest BCUT2D eigenvalue weighted by molar-refractivity contribution is 6.13. The summed E-state index contributed by atoms with van der Waals surface area (Å²) in [5, 5.41) is 3.38. The number of ether oxygens (including phenoxy) is 1. The van der Waals surface area contributed by atoms with Crippen molar-refractivity contribution in [1.82, 2.24) is 9.97 Å². The Labute approximate surface area is 177 Å². The number of nitrogens with zero attached hydrogens (tertiary/aromatic N) is 2. The summed E-state index contributed by atoms with van der Waals surface area (Å²) in [6.07, 6.45) is 3.32. The number of pyridine rings is 2. The predicted molar refractivity (Wildman–Crippen MR) is 115 cm³/mol. The van der Waals surface area contributed by atoms with Gasteiger partial charge in [0.2, 0.25) is 0 Å². The standard InChI is InChI=1S/C24H19F2N3O2/c1-14-5-7-19-17(10-14)18(12-20(28-19)16-4-3-9-27-13-16)23(30)29-21-11-15(2)6-8-22(21)31-24(25)26/h3-13,24H,1-2H3,(H,29,30). The number of amides is 1. The van der Waals surface area contributed by atoms with E-state index >= 15 is 0 Å². The predicted octanol–water partition coefficient (Wildman–Crippen LogP) is 5.77. The van der Waals surface area contributed by atoms with Crippen LogP contribution in [0.4, 0.5) is 14.5 Å². The average molecular weight is 419 g/mol. The molecule has 0 unspecified atom stereocenters. The Morgan fingerprint density at radius 3 is 2.55 bits per heavy atom. The number of alkyl halides is 2. The van der Waals surface area contributed by atoms with Gasteiger partial charge in [-0.2, -0.15) is 8.78 Å². The summed E-state index contributed by atoms with van der Waals surface area (Å²) in [7, 11) is 0. The lowest BCUT2D eigenvalue weighted by Gasteiger charge is -2.14. The fourth-order valence-corrected chi connectivity index (χ4v) is 3.32. The fourth-order valence-electron chi connectivity index (χ4n) is 3.32. The van der Waals surface area contributed by atoms with Gasteiger partial charge in [0.25, 0.3) is 5.91 Å². The number of halogens is 2. The molecule has 1 N–H and O–H groups in total. The minimum Gasteiger partial charge on any atom is -0.433 e. The molecule has 0 spiro atoms. The molecule has 0 saturated heterocycles. The Bertz CT molecular complexity index is 1260. The first-order valence-corrected chi connectivity index (χ1v) is 9.59. The first-order chi connectivity index (χ1) is 14.9. The van der Waals surface area contributed by atoms with E-state index in [-0.39, 0.29) is 11.4 Å². The smallest absolute Gasteiger partial charge is 0.387 e. The summed E-state index contributed by atoms with van der Waals surface area (Å²) < 4.78 is 30.2. The van der Waals surface area contributed by atoms with Gasteiger partial charge in [0, 0.05) is 23.3 Å². The number of carbonyl (C=O) groups is 1. The molecule has 5 nitrogen and oxygen atoms in total. The molecule has 0 bridgehead atoms. The summed E-state index contributed by atoms with van der Waals surface area (Å²) in [6.45, 7) is 0.721. The molecule has 0 fully saturated rings. The topological polar surface area (TPSA) is 64.1 Å². The van der Waals surface area contributed by atoms with Gasteiger partial charge in [0.05, 0.1) is 22.5 Å². The molecule has 2 aromatic heterocycles. The maximum absolute atomic E-state index is 13.3. The van der Waals surface area contributed by atoms with Gasteiger partial charge in [0.1, 0.15) is 5.75 Å². The maximum atomic E-state index is 13.3. The number of rotatable bonds is 5. The van der Waals surface area contributed by atoms with E-state index in [9.17, 15) is 13.6 Å². The number of benzene rings is 2. The van der Waals surface area contributed by atoms with E-state index in [2.05, 4.69) is 20.0 Å². The Morgan fingerprint density at radius 1 is 1.03 bits per heavy atom. The molecule has 0 aliphatic rings. The molecule has 31 heavy (non-hydrogen) atoms. The van der Waals surface area contributed by atoms with E-state index in [0.717, 1.165) is 16.7 Å². The second kappa shape index (κ2) is 8.47. The zero-order chi connectivity index (χ0) is 22.0. The summed E-state index contributed by atoms with van der Waals surface area (Å²) in [6, 6.07) is 15.6. The number of fused-ring (bicyclic) bond motifs is 1. The number of hydrogen-bond acceptors (Lipinski definition) is 4. The quantitative estimate of drug-likeness (QED) is 0.446. The molecule has 1 amide bonds. The van der Waals surface area contributed by atoms with Crippen LogP contribution in [0.5, 0.6) is 5.75 Å². The molecule has 2 aromatic carbocycles. The van der Waals surface area contributed by atoms with E-state index in [4.69, 9.17) is 0 Å². The van der Waals surface area contributed by atoms with Crippen molar-refractivity contribution < 1.29 is 18.3 Å². The Hall–Kier alpha value is -3.87. The largest absolute Gasteiger partial charge is 0.433 e. The molecule has 2 heterocycles. The minimum atomic E-state index is -3.00. The zero-order valence-corrected chi connectivity index (χ0v) is 16.9. The molecular formula is C24H19F2N3O2. The fraction of sp³-hybridized carbons (Fsp3) is 0.125. The molecule has 7 heteroatoms. The zero-order valence-electron chi connectivity index (χ0n) is 16.9. The van der Waals surface area contributed by atoms with Gasteiger partial charge < -0.3 is 10.1 Å². The van der Waals surface area contributed by atoms with Crippen LogP contribution in [0.15, 0.2) is 67.0 Å². The SMILES string of the molecule is Cc1ccc(OC(F)F)c(NC(=O)c2cc(-c3cccnc3)nc3ccc(C)cc23)c1. The van der Waals surface area contributed by atoms with Gasteiger partial charge in [-0.05, 0) is 61.9 Å². The maximum Gasteiger partial charge on any atom is 0.387 e. The molecule has 0 saturated carbocycles. The van der Waals surface area contributed by atoms with Gasteiger partial charge in [-0.1, -0.05) is 17.7 Å².